The van der Waals surface area contributed by atoms with E-state index in [9.17, 15) is 5.11 Å². The van der Waals surface area contributed by atoms with E-state index in [0.717, 1.165) is 103 Å². The van der Waals surface area contributed by atoms with E-state index in [1.54, 1.807) is 0 Å². The second-order valence-electron chi connectivity index (χ2n) is 11.6. The third kappa shape index (κ3) is 14.5. The molecular weight excluding hydrogens is 476 g/mol. The molecule has 0 saturated carbocycles. The highest BCUT2D eigenvalue weighted by Crippen LogP contribution is 2.31. The first-order chi connectivity index (χ1) is 18.6. The van der Waals surface area contributed by atoms with Crippen molar-refractivity contribution >= 4 is 0 Å². The van der Waals surface area contributed by atoms with Crippen LogP contribution in [-0.4, -0.2) is 61.6 Å². The molecule has 5 unspecified atom stereocenters. The van der Waals surface area contributed by atoms with E-state index in [1.165, 1.54) is 25.7 Å². The van der Waals surface area contributed by atoms with E-state index < -0.39 is 0 Å². The molecule has 2 saturated heterocycles. The summed E-state index contributed by atoms with van der Waals surface area (Å²) in [4.78, 5) is 0. The topological polar surface area (TPSA) is 57.2 Å². The maximum Gasteiger partial charge on any atom is 0.0637 e. The zero-order chi connectivity index (χ0) is 27.4. The van der Waals surface area contributed by atoms with Crippen molar-refractivity contribution < 1.29 is 24.1 Å². The SMILES string of the molecule is C#CCCCCCCCC[C@H](O)CC1CCCC(C[C@H](CC2CC(OCCCC)CC(CC=C)O2)OC)O1. The molecule has 7 atom stereocenters. The molecule has 0 amide bonds. The summed E-state index contributed by atoms with van der Waals surface area (Å²) in [5.74, 6) is 2.71. The molecule has 2 heterocycles. The summed E-state index contributed by atoms with van der Waals surface area (Å²) in [7, 11) is 1.81. The number of hydrogen-bond donors (Lipinski definition) is 1. The highest BCUT2D eigenvalue weighted by Gasteiger charge is 2.33. The van der Waals surface area contributed by atoms with E-state index in [0.29, 0.717) is 0 Å². The summed E-state index contributed by atoms with van der Waals surface area (Å²) in [5, 5.41) is 10.6. The molecule has 0 aromatic carbocycles. The lowest BCUT2D eigenvalue weighted by molar-refractivity contribution is -0.133. The summed E-state index contributed by atoms with van der Waals surface area (Å²) < 4.78 is 25.0. The molecule has 0 aromatic heterocycles. The standard InChI is InChI=1S/C33H58O5/c1-5-8-10-11-12-13-14-15-18-27(34)22-29-19-16-20-30(37-29)23-31(35-4)25-33-26-32(36-21-9-6-2)24-28(38-33)17-7-3/h1,7,27-34H,3,6,8-26H2,2,4H3/t27-,28?,29?,30?,31+,32?,33?/m0/s1. The first-order valence-corrected chi connectivity index (χ1v) is 15.8. The normalized spacial score (nSPS) is 27.5. The minimum Gasteiger partial charge on any atom is -0.393 e. The predicted octanol–water partition coefficient (Wildman–Crippen LogP) is 7.53. The van der Waals surface area contributed by atoms with E-state index >= 15 is 0 Å². The van der Waals surface area contributed by atoms with Gasteiger partial charge < -0.3 is 24.1 Å². The second-order valence-corrected chi connectivity index (χ2v) is 11.6. The first-order valence-electron chi connectivity index (χ1n) is 15.8. The van der Waals surface area contributed by atoms with Gasteiger partial charge in [0.1, 0.15) is 0 Å². The monoisotopic (exact) mass is 534 g/mol. The molecule has 2 fully saturated rings. The number of hydrogen-bond acceptors (Lipinski definition) is 5. The lowest BCUT2D eigenvalue weighted by Gasteiger charge is -2.37. The van der Waals surface area contributed by atoms with Gasteiger partial charge in [-0.3, -0.25) is 0 Å². The smallest absolute Gasteiger partial charge is 0.0637 e. The van der Waals surface area contributed by atoms with Gasteiger partial charge in [0.25, 0.3) is 0 Å². The van der Waals surface area contributed by atoms with Gasteiger partial charge in [0, 0.05) is 26.6 Å². The average Bonchev–Trinajstić information content (AvgIpc) is 2.90. The van der Waals surface area contributed by atoms with Crippen LogP contribution in [0.5, 0.6) is 0 Å². The van der Waals surface area contributed by atoms with E-state index in [2.05, 4.69) is 19.4 Å². The Morgan fingerprint density at radius 3 is 2.32 bits per heavy atom. The van der Waals surface area contributed by atoms with Crippen LogP contribution in [0.25, 0.3) is 0 Å². The van der Waals surface area contributed by atoms with Crippen molar-refractivity contribution in [2.75, 3.05) is 13.7 Å². The number of aliphatic hydroxyl groups excluding tert-OH is 1. The first kappa shape index (κ1) is 33.3. The number of aliphatic hydroxyl groups is 1. The molecule has 0 aromatic rings. The minimum atomic E-state index is -0.263. The highest BCUT2D eigenvalue weighted by molar-refractivity contribution is 4.86. The van der Waals surface area contributed by atoms with Crippen LogP contribution in [0.4, 0.5) is 0 Å². The zero-order valence-electron chi connectivity index (χ0n) is 24.6. The van der Waals surface area contributed by atoms with Crippen LogP contribution in [0, 0.1) is 12.3 Å². The Hall–Kier alpha value is -0.900. The fraction of sp³-hybridized carbons (Fsp3) is 0.879. The Morgan fingerprint density at radius 2 is 1.61 bits per heavy atom. The van der Waals surface area contributed by atoms with Crippen LogP contribution in [0.2, 0.25) is 0 Å². The molecule has 0 aliphatic carbocycles. The Balaban J connectivity index is 1.70. The summed E-state index contributed by atoms with van der Waals surface area (Å²) >= 11 is 0. The van der Waals surface area contributed by atoms with Crippen molar-refractivity contribution in [3.63, 3.8) is 0 Å². The number of terminal acetylenes is 1. The van der Waals surface area contributed by atoms with E-state index in [1.807, 2.05) is 13.2 Å². The fourth-order valence-electron chi connectivity index (χ4n) is 6.02. The molecule has 0 bridgehead atoms. The third-order valence-electron chi connectivity index (χ3n) is 8.18. The third-order valence-corrected chi connectivity index (χ3v) is 8.18. The summed E-state index contributed by atoms with van der Waals surface area (Å²) in [6.45, 7) is 6.95. The van der Waals surface area contributed by atoms with Gasteiger partial charge in [0.2, 0.25) is 0 Å². The molecule has 38 heavy (non-hydrogen) atoms. The van der Waals surface area contributed by atoms with Crippen LogP contribution < -0.4 is 0 Å². The minimum absolute atomic E-state index is 0.105. The van der Waals surface area contributed by atoms with Crippen molar-refractivity contribution in [2.24, 2.45) is 0 Å². The Bertz CT molecular complexity index is 631. The molecular formula is C33H58O5. The fourth-order valence-corrected chi connectivity index (χ4v) is 6.02. The summed E-state index contributed by atoms with van der Waals surface area (Å²) in [5.41, 5.74) is 0. The number of rotatable bonds is 21. The molecule has 5 nitrogen and oxygen atoms in total. The van der Waals surface area contributed by atoms with Gasteiger partial charge in [-0.1, -0.05) is 51.5 Å². The molecule has 2 aliphatic heterocycles. The maximum atomic E-state index is 10.6. The maximum absolute atomic E-state index is 10.6. The average molecular weight is 535 g/mol. The van der Waals surface area contributed by atoms with Crippen molar-refractivity contribution in [2.45, 2.75) is 172 Å². The second kappa shape index (κ2) is 20.9. The van der Waals surface area contributed by atoms with Crippen LogP contribution in [-0.2, 0) is 18.9 Å². The molecule has 2 rings (SSSR count). The molecule has 5 heteroatoms. The molecule has 0 spiro atoms. The van der Waals surface area contributed by atoms with Crippen LogP contribution >= 0.6 is 0 Å². The molecule has 1 N–H and O–H groups in total. The quantitative estimate of drug-likeness (QED) is 0.0937. The predicted molar refractivity (Wildman–Crippen MR) is 156 cm³/mol. The van der Waals surface area contributed by atoms with Crippen molar-refractivity contribution in [3.8, 4) is 12.3 Å². The molecule has 2 aliphatic rings. The van der Waals surface area contributed by atoms with Crippen LogP contribution in [0.1, 0.15) is 129 Å². The van der Waals surface area contributed by atoms with Gasteiger partial charge in [0.15, 0.2) is 0 Å². The van der Waals surface area contributed by atoms with Crippen molar-refractivity contribution in [1.29, 1.82) is 0 Å². The Kier molecular flexibility index (Phi) is 18.3. The van der Waals surface area contributed by atoms with Gasteiger partial charge in [-0.25, -0.2) is 0 Å². The van der Waals surface area contributed by atoms with Gasteiger partial charge in [0.05, 0.1) is 42.7 Å². The molecule has 220 valence electrons. The van der Waals surface area contributed by atoms with Gasteiger partial charge >= 0.3 is 0 Å². The van der Waals surface area contributed by atoms with Crippen molar-refractivity contribution in [1.82, 2.24) is 0 Å². The van der Waals surface area contributed by atoms with E-state index in [-0.39, 0.29) is 42.7 Å². The van der Waals surface area contributed by atoms with Crippen molar-refractivity contribution in [3.05, 3.63) is 12.7 Å². The summed E-state index contributed by atoms with van der Waals surface area (Å²) in [6.07, 6.45) is 27.7. The largest absolute Gasteiger partial charge is 0.393 e. The molecule has 0 radical (unpaired) electrons. The van der Waals surface area contributed by atoms with Crippen LogP contribution in [0.15, 0.2) is 12.7 Å². The number of unbranched alkanes of at least 4 members (excludes halogenated alkanes) is 7. The number of methoxy groups -OCH3 is 1. The number of ether oxygens (including phenoxy) is 4. The highest BCUT2D eigenvalue weighted by atomic mass is 16.5. The van der Waals surface area contributed by atoms with Gasteiger partial charge in [-0.15, -0.1) is 18.9 Å². The van der Waals surface area contributed by atoms with E-state index in [4.69, 9.17) is 25.4 Å². The summed E-state index contributed by atoms with van der Waals surface area (Å²) in [6, 6.07) is 0. The lowest BCUT2D eigenvalue weighted by Crippen LogP contribution is -2.40. The van der Waals surface area contributed by atoms with Gasteiger partial charge in [-0.2, -0.15) is 0 Å². The van der Waals surface area contributed by atoms with Gasteiger partial charge in [-0.05, 0) is 70.6 Å². The Morgan fingerprint density at radius 1 is 0.947 bits per heavy atom. The zero-order valence-corrected chi connectivity index (χ0v) is 24.6. The Labute approximate surface area is 234 Å². The van der Waals surface area contributed by atoms with Crippen LogP contribution in [0.3, 0.4) is 0 Å². The lowest BCUT2D eigenvalue weighted by atomic mass is 9.92.